The molecule has 1 saturated heterocycles. The van der Waals surface area contributed by atoms with Gasteiger partial charge in [-0.1, -0.05) is 0 Å². The van der Waals surface area contributed by atoms with Gasteiger partial charge < -0.3 is 10.4 Å². The van der Waals surface area contributed by atoms with Crippen LogP contribution >= 0.6 is 0 Å². The van der Waals surface area contributed by atoms with E-state index in [2.05, 4.69) is 5.32 Å². The average molecular weight is 256 g/mol. The van der Waals surface area contributed by atoms with E-state index in [1.54, 1.807) is 31.3 Å². The minimum Gasteiger partial charge on any atom is -0.392 e. The lowest BCUT2D eigenvalue weighted by Crippen LogP contribution is -2.29. The van der Waals surface area contributed by atoms with Crippen molar-refractivity contribution in [3.8, 4) is 0 Å². The van der Waals surface area contributed by atoms with Crippen LogP contribution in [0.2, 0.25) is 0 Å². The Balaban J connectivity index is 2.25. The second-order valence-corrected chi connectivity index (χ2v) is 6.02. The number of sulfonamides is 1. The van der Waals surface area contributed by atoms with Crippen LogP contribution in [-0.2, 0) is 10.0 Å². The molecule has 0 aromatic heterocycles. The van der Waals surface area contributed by atoms with Gasteiger partial charge in [-0.2, -0.15) is 4.31 Å². The van der Waals surface area contributed by atoms with E-state index in [0.717, 1.165) is 5.69 Å². The van der Waals surface area contributed by atoms with E-state index in [1.807, 2.05) is 0 Å². The molecule has 0 radical (unpaired) electrons. The van der Waals surface area contributed by atoms with E-state index < -0.39 is 16.1 Å². The average Bonchev–Trinajstić information content (AvgIpc) is 2.77. The lowest BCUT2D eigenvalue weighted by atomic mass is 10.3. The van der Waals surface area contributed by atoms with Gasteiger partial charge >= 0.3 is 0 Å². The standard InChI is InChI=1S/C11H16N2O3S/c1-12-9-2-4-11(5-3-9)17(15,16)13-7-6-10(14)8-13/h2-5,10,12,14H,6-8H2,1H3. The predicted molar refractivity (Wildman–Crippen MR) is 65.4 cm³/mol. The second kappa shape index (κ2) is 4.64. The number of nitrogens with one attached hydrogen (secondary N) is 1. The van der Waals surface area contributed by atoms with Gasteiger partial charge in [-0.25, -0.2) is 8.42 Å². The Bertz CT molecular complexity index is 484. The van der Waals surface area contributed by atoms with Crippen molar-refractivity contribution in [2.45, 2.75) is 17.4 Å². The molecular formula is C11H16N2O3S. The van der Waals surface area contributed by atoms with E-state index in [9.17, 15) is 13.5 Å². The van der Waals surface area contributed by atoms with Gasteiger partial charge in [-0.05, 0) is 30.7 Å². The fourth-order valence-corrected chi connectivity index (χ4v) is 3.36. The molecule has 0 saturated carbocycles. The summed E-state index contributed by atoms with van der Waals surface area (Å²) in [4.78, 5) is 0.269. The highest BCUT2D eigenvalue weighted by molar-refractivity contribution is 7.89. The summed E-state index contributed by atoms with van der Waals surface area (Å²) >= 11 is 0. The molecule has 6 heteroatoms. The van der Waals surface area contributed by atoms with Gasteiger partial charge in [0.05, 0.1) is 11.0 Å². The molecule has 0 amide bonds. The Kier molecular flexibility index (Phi) is 3.37. The Labute approximate surface area is 101 Å². The summed E-state index contributed by atoms with van der Waals surface area (Å²) in [6.45, 7) is 0.577. The topological polar surface area (TPSA) is 69.6 Å². The minimum atomic E-state index is -3.45. The number of anilines is 1. The fraction of sp³-hybridized carbons (Fsp3) is 0.455. The highest BCUT2D eigenvalue weighted by atomic mass is 32.2. The highest BCUT2D eigenvalue weighted by Gasteiger charge is 2.31. The molecule has 1 aliphatic rings. The number of rotatable bonds is 3. The number of nitrogens with zero attached hydrogens (tertiary/aromatic N) is 1. The first kappa shape index (κ1) is 12.3. The van der Waals surface area contributed by atoms with Crippen molar-refractivity contribution in [1.82, 2.24) is 4.31 Å². The molecule has 94 valence electrons. The monoisotopic (exact) mass is 256 g/mol. The van der Waals surface area contributed by atoms with Gasteiger partial charge in [0.2, 0.25) is 10.0 Å². The molecule has 2 rings (SSSR count). The van der Waals surface area contributed by atoms with Crippen LogP contribution in [0.1, 0.15) is 6.42 Å². The Morgan fingerprint density at radius 2 is 2.00 bits per heavy atom. The molecule has 1 aromatic carbocycles. The van der Waals surface area contributed by atoms with Gasteiger partial charge in [0, 0.05) is 25.8 Å². The Morgan fingerprint density at radius 3 is 2.47 bits per heavy atom. The van der Waals surface area contributed by atoms with Gasteiger partial charge in [0.1, 0.15) is 0 Å². The molecule has 1 unspecified atom stereocenters. The first-order valence-corrected chi connectivity index (χ1v) is 6.94. The number of hydrogen-bond acceptors (Lipinski definition) is 4. The van der Waals surface area contributed by atoms with Crippen LogP contribution in [0.15, 0.2) is 29.2 Å². The Hall–Kier alpha value is -1.11. The van der Waals surface area contributed by atoms with Crippen molar-refractivity contribution >= 4 is 15.7 Å². The molecule has 5 nitrogen and oxygen atoms in total. The van der Waals surface area contributed by atoms with E-state index >= 15 is 0 Å². The molecule has 0 aliphatic carbocycles. The first-order valence-electron chi connectivity index (χ1n) is 5.50. The van der Waals surface area contributed by atoms with E-state index in [-0.39, 0.29) is 11.4 Å². The molecule has 1 aliphatic heterocycles. The third-order valence-corrected chi connectivity index (χ3v) is 4.79. The SMILES string of the molecule is CNc1ccc(S(=O)(=O)N2CCC(O)C2)cc1. The summed E-state index contributed by atoms with van der Waals surface area (Å²) in [5.41, 5.74) is 0.866. The van der Waals surface area contributed by atoms with Crippen LogP contribution in [0.5, 0.6) is 0 Å². The lowest BCUT2D eigenvalue weighted by Gasteiger charge is -2.15. The van der Waals surface area contributed by atoms with E-state index in [0.29, 0.717) is 13.0 Å². The van der Waals surface area contributed by atoms with Crippen molar-refractivity contribution in [1.29, 1.82) is 0 Å². The summed E-state index contributed by atoms with van der Waals surface area (Å²) < 4.78 is 25.7. The van der Waals surface area contributed by atoms with Crippen LogP contribution in [0.25, 0.3) is 0 Å². The highest BCUT2D eigenvalue weighted by Crippen LogP contribution is 2.22. The van der Waals surface area contributed by atoms with Gasteiger partial charge in [-0.3, -0.25) is 0 Å². The van der Waals surface area contributed by atoms with Crippen molar-refractivity contribution in [2.24, 2.45) is 0 Å². The maximum absolute atomic E-state index is 12.2. The van der Waals surface area contributed by atoms with Crippen molar-refractivity contribution in [3.05, 3.63) is 24.3 Å². The van der Waals surface area contributed by atoms with E-state index in [1.165, 1.54) is 4.31 Å². The largest absolute Gasteiger partial charge is 0.392 e. The summed E-state index contributed by atoms with van der Waals surface area (Å²) in [6.07, 6.45) is -0.0326. The van der Waals surface area contributed by atoms with Gasteiger partial charge in [0.25, 0.3) is 0 Å². The molecule has 0 bridgehead atoms. The third kappa shape index (κ3) is 2.43. The van der Waals surface area contributed by atoms with Crippen LogP contribution < -0.4 is 5.32 Å². The molecule has 1 atom stereocenters. The number of aliphatic hydroxyl groups is 1. The van der Waals surface area contributed by atoms with Crippen LogP contribution in [-0.4, -0.2) is 44.1 Å². The molecule has 17 heavy (non-hydrogen) atoms. The molecule has 1 heterocycles. The lowest BCUT2D eigenvalue weighted by molar-refractivity contribution is 0.189. The third-order valence-electron chi connectivity index (χ3n) is 2.91. The molecule has 1 fully saturated rings. The summed E-state index contributed by atoms with van der Waals surface area (Å²) in [5.74, 6) is 0. The van der Waals surface area contributed by atoms with Crippen molar-refractivity contribution < 1.29 is 13.5 Å². The van der Waals surface area contributed by atoms with Crippen molar-refractivity contribution in [2.75, 3.05) is 25.5 Å². The van der Waals surface area contributed by atoms with Gasteiger partial charge in [0.15, 0.2) is 0 Å². The molecular weight excluding hydrogens is 240 g/mol. The van der Waals surface area contributed by atoms with E-state index in [4.69, 9.17) is 0 Å². The predicted octanol–water partition coefficient (Wildman–Crippen LogP) is 0.484. The summed E-state index contributed by atoms with van der Waals surface area (Å²) in [7, 11) is -1.67. The quantitative estimate of drug-likeness (QED) is 0.825. The Morgan fingerprint density at radius 1 is 1.35 bits per heavy atom. The zero-order valence-electron chi connectivity index (χ0n) is 9.63. The zero-order valence-corrected chi connectivity index (χ0v) is 10.4. The maximum atomic E-state index is 12.2. The smallest absolute Gasteiger partial charge is 0.243 e. The molecule has 1 aromatic rings. The minimum absolute atomic E-state index is 0.191. The number of benzene rings is 1. The summed E-state index contributed by atoms with van der Waals surface area (Å²) in [6, 6.07) is 6.59. The van der Waals surface area contributed by atoms with Crippen LogP contribution in [0.3, 0.4) is 0 Å². The number of β-amino-alcohol motifs (C(OH)–C–C–N with tert-alkyl or cyclic N) is 1. The second-order valence-electron chi connectivity index (χ2n) is 4.08. The van der Waals surface area contributed by atoms with Crippen LogP contribution in [0.4, 0.5) is 5.69 Å². The van der Waals surface area contributed by atoms with Gasteiger partial charge in [-0.15, -0.1) is 0 Å². The van der Waals surface area contributed by atoms with Crippen LogP contribution in [0, 0.1) is 0 Å². The molecule has 2 N–H and O–H groups in total. The normalized spacial score (nSPS) is 21.6. The molecule has 0 spiro atoms. The number of hydrogen-bond donors (Lipinski definition) is 2. The zero-order chi connectivity index (χ0) is 12.5. The number of aliphatic hydroxyl groups excluding tert-OH is 1. The fourth-order valence-electron chi connectivity index (χ4n) is 1.87. The first-order chi connectivity index (χ1) is 8.04. The maximum Gasteiger partial charge on any atom is 0.243 e. The van der Waals surface area contributed by atoms with Crippen molar-refractivity contribution in [3.63, 3.8) is 0 Å². The summed E-state index contributed by atoms with van der Waals surface area (Å²) in [5, 5.41) is 12.3.